The maximum atomic E-state index is 13.4. The van der Waals surface area contributed by atoms with Gasteiger partial charge in [0.2, 0.25) is 0 Å². The largest absolute Gasteiger partial charge is 0.386 e. The van der Waals surface area contributed by atoms with Gasteiger partial charge in [0.05, 0.1) is 10.5 Å². The molecular formula is C10H11F3OS. The zero-order chi connectivity index (χ0) is 11.8. The quantitative estimate of drug-likeness (QED) is 0.629. The van der Waals surface area contributed by atoms with Crippen molar-refractivity contribution in [1.29, 1.82) is 0 Å². The van der Waals surface area contributed by atoms with Gasteiger partial charge in [0.1, 0.15) is 5.82 Å². The molecule has 1 N–H and O–H groups in total. The first-order valence-corrected chi connectivity index (χ1v) is 5.46. The van der Waals surface area contributed by atoms with Crippen LogP contribution < -0.4 is 0 Å². The van der Waals surface area contributed by atoms with Gasteiger partial charge < -0.3 is 5.11 Å². The third-order valence-electron chi connectivity index (χ3n) is 1.98. The van der Waals surface area contributed by atoms with Crippen LogP contribution in [-0.2, 0) is 5.60 Å². The molecule has 84 valence electrons. The predicted molar refractivity (Wildman–Crippen MR) is 53.3 cm³/mol. The third-order valence-corrected chi connectivity index (χ3v) is 2.76. The third kappa shape index (κ3) is 2.29. The molecule has 1 aromatic carbocycles. The average molecular weight is 236 g/mol. The lowest BCUT2D eigenvalue weighted by Crippen LogP contribution is -2.19. The van der Waals surface area contributed by atoms with E-state index >= 15 is 0 Å². The highest BCUT2D eigenvalue weighted by Gasteiger charge is 2.26. The molecule has 0 aromatic heterocycles. The average Bonchev–Trinajstić information content (AvgIpc) is 2.10. The van der Waals surface area contributed by atoms with Gasteiger partial charge in [-0.1, -0.05) is 0 Å². The van der Waals surface area contributed by atoms with Crippen LogP contribution in [0.15, 0.2) is 11.0 Å². The standard InChI is InChI=1S/C10H11F3OS/c1-10(2,14)5-4-6(11)9(15-3)8(13)7(5)12/h4,14H,1-3H3. The lowest BCUT2D eigenvalue weighted by molar-refractivity contribution is 0.0729. The summed E-state index contributed by atoms with van der Waals surface area (Å²) in [7, 11) is 0. The summed E-state index contributed by atoms with van der Waals surface area (Å²) in [6, 6.07) is 0.824. The summed E-state index contributed by atoms with van der Waals surface area (Å²) < 4.78 is 40.0. The van der Waals surface area contributed by atoms with E-state index in [1.807, 2.05) is 0 Å². The number of rotatable bonds is 2. The second-order valence-electron chi connectivity index (χ2n) is 3.63. The van der Waals surface area contributed by atoms with Crippen molar-refractivity contribution in [3.63, 3.8) is 0 Å². The summed E-state index contributed by atoms with van der Waals surface area (Å²) >= 11 is 0.784. The van der Waals surface area contributed by atoms with Crippen LogP contribution in [0.3, 0.4) is 0 Å². The van der Waals surface area contributed by atoms with Crippen LogP contribution in [0.1, 0.15) is 19.4 Å². The number of halogens is 3. The van der Waals surface area contributed by atoms with Crippen molar-refractivity contribution >= 4 is 11.8 Å². The van der Waals surface area contributed by atoms with Gasteiger partial charge in [0, 0.05) is 5.56 Å². The van der Waals surface area contributed by atoms with Gasteiger partial charge in [-0.2, -0.15) is 0 Å². The molecule has 0 saturated carbocycles. The van der Waals surface area contributed by atoms with Crippen LogP contribution >= 0.6 is 11.8 Å². The molecule has 1 nitrogen and oxygen atoms in total. The Hall–Kier alpha value is -0.680. The van der Waals surface area contributed by atoms with Gasteiger partial charge >= 0.3 is 0 Å². The first-order valence-electron chi connectivity index (χ1n) is 4.23. The SMILES string of the molecule is CSc1c(F)cc(C(C)(C)O)c(F)c1F. The molecule has 0 heterocycles. The van der Waals surface area contributed by atoms with E-state index in [2.05, 4.69) is 0 Å². The summed E-state index contributed by atoms with van der Waals surface area (Å²) in [6.45, 7) is 2.53. The normalized spacial score (nSPS) is 11.9. The van der Waals surface area contributed by atoms with Crippen LogP contribution in [0, 0.1) is 17.5 Å². The van der Waals surface area contributed by atoms with Gasteiger partial charge in [-0.3, -0.25) is 0 Å². The minimum absolute atomic E-state index is 0.375. The van der Waals surface area contributed by atoms with Crippen molar-refractivity contribution in [2.24, 2.45) is 0 Å². The summed E-state index contributed by atoms with van der Waals surface area (Å²) in [5.41, 5.74) is -1.99. The lowest BCUT2D eigenvalue weighted by atomic mass is 9.97. The molecular weight excluding hydrogens is 225 g/mol. The molecule has 0 fully saturated rings. The molecule has 1 rings (SSSR count). The summed E-state index contributed by atoms with van der Waals surface area (Å²) in [5.74, 6) is -3.31. The molecule has 0 saturated heterocycles. The molecule has 0 spiro atoms. The maximum Gasteiger partial charge on any atom is 0.175 e. The van der Waals surface area contributed by atoms with E-state index in [-0.39, 0.29) is 10.5 Å². The fourth-order valence-corrected chi connectivity index (χ4v) is 1.73. The molecule has 0 radical (unpaired) electrons. The van der Waals surface area contributed by atoms with E-state index in [0.717, 1.165) is 17.8 Å². The van der Waals surface area contributed by atoms with Crippen molar-refractivity contribution in [3.05, 3.63) is 29.1 Å². The van der Waals surface area contributed by atoms with Gasteiger partial charge in [-0.15, -0.1) is 11.8 Å². The Morgan fingerprint density at radius 3 is 2.13 bits per heavy atom. The van der Waals surface area contributed by atoms with E-state index < -0.39 is 23.1 Å². The molecule has 0 aliphatic rings. The Kier molecular flexibility index (Phi) is 3.35. The Morgan fingerprint density at radius 2 is 1.73 bits per heavy atom. The monoisotopic (exact) mass is 236 g/mol. The highest BCUT2D eigenvalue weighted by molar-refractivity contribution is 7.98. The molecule has 0 aliphatic heterocycles. The number of hydrogen-bond donors (Lipinski definition) is 1. The summed E-state index contributed by atoms with van der Waals surface area (Å²) in [6.07, 6.45) is 1.45. The minimum Gasteiger partial charge on any atom is -0.386 e. The Labute approximate surface area is 90.3 Å². The van der Waals surface area contributed by atoms with Gasteiger partial charge in [-0.25, -0.2) is 13.2 Å². The van der Waals surface area contributed by atoms with Gasteiger partial charge in [0.15, 0.2) is 11.6 Å². The van der Waals surface area contributed by atoms with E-state index in [1.54, 1.807) is 0 Å². The highest BCUT2D eigenvalue weighted by atomic mass is 32.2. The molecule has 0 unspecified atom stereocenters. The smallest absolute Gasteiger partial charge is 0.175 e. The molecule has 1 aromatic rings. The second-order valence-corrected chi connectivity index (χ2v) is 4.44. The van der Waals surface area contributed by atoms with E-state index in [9.17, 15) is 18.3 Å². The summed E-state index contributed by atoms with van der Waals surface area (Å²) in [5, 5.41) is 9.50. The number of hydrogen-bond acceptors (Lipinski definition) is 2. The molecule has 0 atom stereocenters. The molecule has 0 bridgehead atoms. The fourth-order valence-electron chi connectivity index (χ4n) is 1.21. The first kappa shape index (κ1) is 12.4. The molecule has 0 amide bonds. The van der Waals surface area contributed by atoms with E-state index in [1.165, 1.54) is 20.1 Å². The number of benzene rings is 1. The van der Waals surface area contributed by atoms with Crippen LogP contribution in [0.25, 0.3) is 0 Å². The van der Waals surface area contributed by atoms with Crippen molar-refractivity contribution in [2.45, 2.75) is 24.3 Å². The minimum atomic E-state index is -1.61. The zero-order valence-corrected chi connectivity index (χ0v) is 9.38. The Balaban J connectivity index is 3.48. The second kappa shape index (κ2) is 4.06. The van der Waals surface area contributed by atoms with E-state index in [0.29, 0.717) is 0 Å². The van der Waals surface area contributed by atoms with Crippen LogP contribution in [0.2, 0.25) is 0 Å². The van der Waals surface area contributed by atoms with Crippen molar-refractivity contribution < 1.29 is 18.3 Å². The number of thioether (sulfide) groups is 1. The Bertz CT molecular complexity index is 385. The molecule has 15 heavy (non-hydrogen) atoms. The Morgan fingerprint density at radius 1 is 1.20 bits per heavy atom. The summed E-state index contributed by atoms with van der Waals surface area (Å²) in [4.78, 5) is -0.375. The van der Waals surface area contributed by atoms with Crippen molar-refractivity contribution in [2.75, 3.05) is 6.26 Å². The molecule has 5 heteroatoms. The van der Waals surface area contributed by atoms with Crippen LogP contribution in [-0.4, -0.2) is 11.4 Å². The van der Waals surface area contributed by atoms with Gasteiger partial charge in [0.25, 0.3) is 0 Å². The zero-order valence-electron chi connectivity index (χ0n) is 8.57. The van der Waals surface area contributed by atoms with Crippen LogP contribution in [0.4, 0.5) is 13.2 Å². The topological polar surface area (TPSA) is 20.2 Å². The van der Waals surface area contributed by atoms with Crippen LogP contribution in [0.5, 0.6) is 0 Å². The highest BCUT2D eigenvalue weighted by Crippen LogP contribution is 2.31. The number of aliphatic hydroxyl groups is 1. The fraction of sp³-hybridized carbons (Fsp3) is 0.400. The predicted octanol–water partition coefficient (Wildman–Crippen LogP) is 3.05. The first-order chi connectivity index (χ1) is 6.79. The van der Waals surface area contributed by atoms with Gasteiger partial charge in [-0.05, 0) is 26.2 Å². The molecule has 0 aliphatic carbocycles. The maximum absolute atomic E-state index is 13.4. The van der Waals surface area contributed by atoms with Crippen molar-refractivity contribution in [1.82, 2.24) is 0 Å². The van der Waals surface area contributed by atoms with Crippen molar-refractivity contribution in [3.8, 4) is 0 Å². The van der Waals surface area contributed by atoms with E-state index in [4.69, 9.17) is 0 Å². The lowest BCUT2D eigenvalue weighted by Gasteiger charge is -2.19.